The lowest BCUT2D eigenvalue weighted by Gasteiger charge is -2.35. The molecule has 3 rings (SSSR count). The minimum Gasteiger partial charge on any atom is -0.497 e. The number of amides is 1. The minimum atomic E-state index is -1.82. The molecule has 10 nitrogen and oxygen atoms in total. The normalized spacial score (nSPS) is 13.4. The van der Waals surface area contributed by atoms with E-state index in [9.17, 15) is 4.79 Å². The Balaban J connectivity index is 0.000000569. The van der Waals surface area contributed by atoms with Gasteiger partial charge in [0.1, 0.15) is 17.2 Å². The van der Waals surface area contributed by atoms with Crippen LogP contribution in [0, 0.1) is 0 Å². The molecule has 1 fully saturated rings. The maximum absolute atomic E-state index is 12.7. The molecule has 1 amide bonds. The molecule has 1 aliphatic heterocycles. The van der Waals surface area contributed by atoms with Gasteiger partial charge in [0.2, 0.25) is 0 Å². The molecule has 33 heavy (non-hydrogen) atoms. The third-order valence-electron chi connectivity index (χ3n) is 5.07. The number of methoxy groups -OCH3 is 3. The lowest BCUT2D eigenvalue weighted by molar-refractivity contribution is -0.159. The summed E-state index contributed by atoms with van der Waals surface area (Å²) in [7, 11) is 4.94. The second kappa shape index (κ2) is 12.3. The van der Waals surface area contributed by atoms with Crippen molar-refractivity contribution in [1.29, 1.82) is 0 Å². The second-order valence-corrected chi connectivity index (χ2v) is 7.08. The summed E-state index contributed by atoms with van der Waals surface area (Å²) in [5, 5.41) is 14.8. The predicted octanol–water partition coefficient (Wildman–Crippen LogP) is 1.83. The first kappa shape index (κ1) is 25.5. The van der Waals surface area contributed by atoms with Gasteiger partial charge < -0.3 is 29.3 Å². The van der Waals surface area contributed by atoms with Gasteiger partial charge in [-0.25, -0.2) is 9.59 Å². The number of ether oxygens (including phenoxy) is 3. The Labute approximate surface area is 191 Å². The Morgan fingerprint density at radius 3 is 1.82 bits per heavy atom. The van der Waals surface area contributed by atoms with Crippen molar-refractivity contribution in [1.82, 2.24) is 9.80 Å². The number of rotatable bonds is 6. The van der Waals surface area contributed by atoms with E-state index in [1.165, 1.54) is 0 Å². The van der Waals surface area contributed by atoms with Gasteiger partial charge in [0.25, 0.3) is 5.91 Å². The summed E-state index contributed by atoms with van der Waals surface area (Å²) in [5.41, 5.74) is 1.81. The van der Waals surface area contributed by atoms with Crippen LogP contribution in [-0.4, -0.2) is 85.4 Å². The van der Waals surface area contributed by atoms with E-state index < -0.39 is 11.9 Å². The van der Waals surface area contributed by atoms with E-state index in [2.05, 4.69) is 4.90 Å². The molecule has 0 unspecified atom stereocenters. The third kappa shape index (κ3) is 7.39. The summed E-state index contributed by atoms with van der Waals surface area (Å²) in [6.45, 7) is 3.87. The molecule has 0 bridgehead atoms. The average molecular weight is 460 g/mol. The van der Waals surface area contributed by atoms with Crippen molar-refractivity contribution in [3.8, 4) is 17.2 Å². The summed E-state index contributed by atoms with van der Waals surface area (Å²) in [5.74, 6) is -1.22. The van der Waals surface area contributed by atoms with Gasteiger partial charge in [0, 0.05) is 49.9 Å². The summed E-state index contributed by atoms with van der Waals surface area (Å²) >= 11 is 0. The Hall–Kier alpha value is -3.79. The number of carbonyl (C=O) groups excluding carboxylic acids is 1. The van der Waals surface area contributed by atoms with Crippen LogP contribution in [0.2, 0.25) is 0 Å². The molecule has 1 aliphatic rings. The zero-order valence-corrected chi connectivity index (χ0v) is 18.8. The van der Waals surface area contributed by atoms with Gasteiger partial charge in [0.15, 0.2) is 0 Å². The van der Waals surface area contributed by atoms with E-state index in [0.29, 0.717) is 18.7 Å². The Bertz CT molecular complexity index is 941. The molecule has 0 radical (unpaired) electrons. The monoisotopic (exact) mass is 460 g/mol. The van der Waals surface area contributed by atoms with Crippen LogP contribution in [0.5, 0.6) is 17.2 Å². The molecule has 1 heterocycles. The highest BCUT2D eigenvalue weighted by molar-refractivity contribution is 6.27. The van der Waals surface area contributed by atoms with Crippen molar-refractivity contribution in [2.75, 3.05) is 47.5 Å². The lowest BCUT2D eigenvalue weighted by Crippen LogP contribution is -2.48. The van der Waals surface area contributed by atoms with Crippen LogP contribution >= 0.6 is 0 Å². The summed E-state index contributed by atoms with van der Waals surface area (Å²) in [6, 6.07) is 13.1. The molecule has 2 aromatic rings. The number of benzene rings is 2. The second-order valence-electron chi connectivity index (χ2n) is 7.08. The van der Waals surface area contributed by atoms with E-state index in [4.69, 9.17) is 34.0 Å². The van der Waals surface area contributed by atoms with Crippen molar-refractivity contribution < 1.29 is 38.8 Å². The summed E-state index contributed by atoms with van der Waals surface area (Å²) < 4.78 is 15.9. The van der Waals surface area contributed by atoms with Gasteiger partial charge in [-0.2, -0.15) is 0 Å². The topological polar surface area (TPSA) is 126 Å². The fraction of sp³-hybridized carbons (Fsp3) is 0.348. The van der Waals surface area contributed by atoms with Crippen LogP contribution in [0.15, 0.2) is 42.5 Å². The van der Waals surface area contributed by atoms with Crippen LogP contribution in [-0.2, 0) is 16.1 Å². The van der Waals surface area contributed by atoms with Gasteiger partial charge in [-0.15, -0.1) is 0 Å². The van der Waals surface area contributed by atoms with Crippen LogP contribution in [0.3, 0.4) is 0 Å². The molecule has 0 saturated carbocycles. The molecular weight excluding hydrogens is 432 g/mol. The fourth-order valence-electron chi connectivity index (χ4n) is 3.25. The maximum atomic E-state index is 12.7. The van der Waals surface area contributed by atoms with Crippen LogP contribution in [0.25, 0.3) is 0 Å². The van der Waals surface area contributed by atoms with E-state index in [0.717, 1.165) is 42.4 Å². The first-order valence-electron chi connectivity index (χ1n) is 10.1. The van der Waals surface area contributed by atoms with Crippen molar-refractivity contribution in [3.63, 3.8) is 0 Å². The Kier molecular flexibility index (Phi) is 9.49. The van der Waals surface area contributed by atoms with Crippen LogP contribution < -0.4 is 14.2 Å². The molecule has 0 aliphatic carbocycles. The molecule has 0 aromatic heterocycles. The number of carboxylic acids is 2. The molecule has 2 aromatic carbocycles. The third-order valence-corrected chi connectivity index (χ3v) is 5.07. The molecule has 0 spiro atoms. The predicted molar refractivity (Wildman–Crippen MR) is 119 cm³/mol. The van der Waals surface area contributed by atoms with Crippen LogP contribution in [0.4, 0.5) is 0 Å². The number of hydrogen-bond donors (Lipinski definition) is 2. The van der Waals surface area contributed by atoms with E-state index in [-0.39, 0.29) is 5.91 Å². The first-order chi connectivity index (χ1) is 15.8. The molecular formula is C23H28N2O8. The number of carbonyl (C=O) groups is 3. The number of carboxylic acid groups (broad SMARTS) is 2. The van der Waals surface area contributed by atoms with Crippen molar-refractivity contribution >= 4 is 17.8 Å². The molecule has 2 N–H and O–H groups in total. The maximum Gasteiger partial charge on any atom is 0.414 e. The zero-order valence-electron chi connectivity index (χ0n) is 18.8. The quantitative estimate of drug-likeness (QED) is 0.621. The van der Waals surface area contributed by atoms with Crippen molar-refractivity contribution in [2.24, 2.45) is 0 Å². The molecule has 0 atom stereocenters. The minimum absolute atomic E-state index is 0.0688. The first-order valence-corrected chi connectivity index (χ1v) is 10.1. The summed E-state index contributed by atoms with van der Waals surface area (Å²) in [6.07, 6.45) is 0. The van der Waals surface area contributed by atoms with Crippen molar-refractivity contribution in [3.05, 3.63) is 53.6 Å². The van der Waals surface area contributed by atoms with Gasteiger partial charge in [-0.1, -0.05) is 6.07 Å². The number of hydrogen-bond acceptors (Lipinski definition) is 7. The zero-order chi connectivity index (χ0) is 24.4. The standard InChI is InChI=1S/C21H26N2O4.C2H2O4/c1-25-18-7-4-16(5-8-18)21(24)23-12-10-22(11-13-23)15-17-6-9-19(26-2)14-20(17)27-3;3-1(4)2(5)6/h4-9,14H,10-13,15H2,1-3H3;(H,3,4)(H,5,6). The van der Waals surface area contributed by atoms with Gasteiger partial charge in [-0.3, -0.25) is 9.69 Å². The lowest BCUT2D eigenvalue weighted by atomic mass is 10.1. The highest BCUT2D eigenvalue weighted by atomic mass is 16.5. The van der Waals surface area contributed by atoms with Gasteiger partial charge >= 0.3 is 11.9 Å². The smallest absolute Gasteiger partial charge is 0.414 e. The SMILES string of the molecule is COc1ccc(C(=O)N2CCN(Cc3ccc(OC)cc3OC)CC2)cc1.O=C(O)C(=O)O. The largest absolute Gasteiger partial charge is 0.497 e. The van der Waals surface area contributed by atoms with E-state index in [1.807, 2.05) is 47.4 Å². The average Bonchev–Trinajstić information content (AvgIpc) is 2.84. The van der Waals surface area contributed by atoms with Gasteiger partial charge in [-0.05, 0) is 30.3 Å². The Morgan fingerprint density at radius 1 is 0.788 bits per heavy atom. The number of piperazine rings is 1. The van der Waals surface area contributed by atoms with E-state index in [1.54, 1.807) is 21.3 Å². The van der Waals surface area contributed by atoms with E-state index >= 15 is 0 Å². The molecule has 10 heteroatoms. The highest BCUT2D eigenvalue weighted by Crippen LogP contribution is 2.26. The highest BCUT2D eigenvalue weighted by Gasteiger charge is 2.23. The summed E-state index contributed by atoms with van der Waals surface area (Å²) in [4.78, 5) is 35.1. The van der Waals surface area contributed by atoms with Gasteiger partial charge in [0.05, 0.1) is 21.3 Å². The number of nitrogens with zero attached hydrogens (tertiary/aromatic N) is 2. The Morgan fingerprint density at radius 2 is 1.33 bits per heavy atom. The number of aliphatic carboxylic acids is 2. The molecule has 1 saturated heterocycles. The molecule has 178 valence electrons. The van der Waals surface area contributed by atoms with Crippen molar-refractivity contribution in [2.45, 2.75) is 6.54 Å². The fourth-order valence-corrected chi connectivity index (χ4v) is 3.25. The van der Waals surface area contributed by atoms with Crippen LogP contribution in [0.1, 0.15) is 15.9 Å².